The van der Waals surface area contributed by atoms with Crippen LogP contribution in [0.2, 0.25) is 0 Å². The molecule has 2 N–H and O–H groups in total. The number of hydrogen-bond donors (Lipinski definition) is 2. The highest BCUT2D eigenvalue weighted by molar-refractivity contribution is 5.86. The number of aliphatic imine (C=N–C) groups is 1. The van der Waals surface area contributed by atoms with Crippen LogP contribution in [0.3, 0.4) is 0 Å². The summed E-state index contributed by atoms with van der Waals surface area (Å²) < 4.78 is 17.2. The molecule has 1 aromatic rings. The number of likely N-dealkylation sites (N-methyl/N-ethyl adjacent to an activating group) is 1. The third kappa shape index (κ3) is 8.65. The third-order valence-corrected chi connectivity index (χ3v) is 5.14. The second-order valence-electron chi connectivity index (χ2n) is 7.76. The van der Waals surface area contributed by atoms with Crippen molar-refractivity contribution in [3.63, 3.8) is 0 Å². The van der Waals surface area contributed by atoms with Gasteiger partial charge in [0.1, 0.15) is 0 Å². The van der Waals surface area contributed by atoms with Gasteiger partial charge in [-0.3, -0.25) is 4.79 Å². The maximum atomic E-state index is 12.0. The van der Waals surface area contributed by atoms with Crippen molar-refractivity contribution < 1.29 is 19.0 Å². The first-order valence-corrected chi connectivity index (χ1v) is 11.2. The molecule has 0 saturated heterocycles. The van der Waals surface area contributed by atoms with Crippen molar-refractivity contribution in [3.8, 4) is 11.5 Å². The molecule has 1 saturated carbocycles. The van der Waals surface area contributed by atoms with E-state index >= 15 is 0 Å². The second-order valence-corrected chi connectivity index (χ2v) is 7.76. The van der Waals surface area contributed by atoms with Gasteiger partial charge in [0.05, 0.1) is 26.3 Å². The summed E-state index contributed by atoms with van der Waals surface area (Å²) in [6, 6.07) is 5.87. The molecule has 0 bridgehead atoms. The van der Waals surface area contributed by atoms with Gasteiger partial charge < -0.3 is 29.7 Å². The van der Waals surface area contributed by atoms with Crippen LogP contribution < -0.4 is 20.1 Å². The van der Waals surface area contributed by atoms with Gasteiger partial charge in [0, 0.05) is 39.4 Å². The van der Waals surface area contributed by atoms with Crippen LogP contribution in [0.25, 0.3) is 0 Å². The average Bonchev–Trinajstić information content (AvgIpc) is 3.28. The number of nitrogens with one attached hydrogen (secondary N) is 2. The second kappa shape index (κ2) is 13.7. The molecule has 1 aromatic carbocycles. The Labute approximate surface area is 186 Å². The van der Waals surface area contributed by atoms with Crippen LogP contribution in [-0.2, 0) is 16.1 Å². The van der Waals surface area contributed by atoms with Crippen LogP contribution >= 0.6 is 0 Å². The Morgan fingerprint density at radius 2 is 2.00 bits per heavy atom. The number of guanidine groups is 1. The summed E-state index contributed by atoms with van der Waals surface area (Å²) in [4.78, 5) is 18.2. The molecule has 1 aliphatic carbocycles. The van der Waals surface area contributed by atoms with Gasteiger partial charge in [-0.2, -0.15) is 0 Å². The van der Waals surface area contributed by atoms with E-state index in [1.165, 1.54) is 12.8 Å². The Hall–Kier alpha value is -2.48. The molecular formula is C23H38N4O4. The van der Waals surface area contributed by atoms with Gasteiger partial charge in [-0.1, -0.05) is 12.1 Å². The molecule has 0 heterocycles. The number of amides is 1. The van der Waals surface area contributed by atoms with E-state index in [0.29, 0.717) is 32.3 Å². The molecule has 8 heteroatoms. The number of benzene rings is 1. The van der Waals surface area contributed by atoms with Crippen molar-refractivity contribution >= 4 is 11.9 Å². The fourth-order valence-electron chi connectivity index (χ4n) is 3.33. The molecular weight excluding hydrogens is 396 g/mol. The maximum absolute atomic E-state index is 12.0. The summed E-state index contributed by atoms with van der Waals surface area (Å²) in [7, 11) is 5.13. The molecule has 2 rings (SSSR count). The number of methoxy groups -OCH3 is 1. The molecule has 174 valence electrons. The van der Waals surface area contributed by atoms with Crippen molar-refractivity contribution in [2.45, 2.75) is 51.7 Å². The standard InChI is InChI=1S/C23H38N4O4/c1-5-30-15-9-14-24-23(26-17-21(28)27(2)3)25-16-18-10-8-13-20(29-4)22(18)31-19-11-6-7-12-19/h8,10,13,19H,5-7,9,11-12,14-17H2,1-4H3,(H2,24,25,26). The van der Waals surface area contributed by atoms with Gasteiger partial charge in [-0.05, 0) is 45.1 Å². The van der Waals surface area contributed by atoms with Crippen molar-refractivity contribution in [3.05, 3.63) is 23.8 Å². The average molecular weight is 435 g/mol. The van der Waals surface area contributed by atoms with E-state index in [4.69, 9.17) is 19.2 Å². The zero-order valence-corrected chi connectivity index (χ0v) is 19.4. The fraction of sp³-hybridized carbons (Fsp3) is 0.652. The Balaban J connectivity index is 2.09. The smallest absolute Gasteiger partial charge is 0.241 e. The highest BCUT2D eigenvalue weighted by Crippen LogP contribution is 2.35. The molecule has 8 nitrogen and oxygen atoms in total. The number of ether oxygens (including phenoxy) is 3. The summed E-state index contributed by atoms with van der Waals surface area (Å²) in [6.45, 7) is 4.66. The summed E-state index contributed by atoms with van der Waals surface area (Å²) >= 11 is 0. The monoisotopic (exact) mass is 434 g/mol. The van der Waals surface area contributed by atoms with E-state index in [0.717, 1.165) is 36.3 Å². The van der Waals surface area contributed by atoms with Crippen molar-refractivity contribution in [1.29, 1.82) is 0 Å². The Morgan fingerprint density at radius 3 is 2.68 bits per heavy atom. The highest BCUT2D eigenvalue weighted by atomic mass is 16.5. The molecule has 0 spiro atoms. The van der Waals surface area contributed by atoms with Crippen molar-refractivity contribution in [1.82, 2.24) is 15.5 Å². The Morgan fingerprint density at radius 1 is 1.23 bits per heavy atom. The van der Waals surface area contributed by atoms with Crippen LogP contribution in [0.5, 0.6) is 11.5 Å². The largest absolute Gasteiger partial charge is 0.493 e. The molecule has 1 fully saturated rings. The Bertz CT molecular complexity index is 703. The molecule has 0 unspecified atom stereocenters. The van der Waals surface area contributed by atoms with Crippen molar-refractivity contribution in [2.24, 2.45) is 4.99 Å². The lowest BCUT2D eigenvalue weighted by Gasteiger charge is -2.19. The summed E-state index contributed by atoms with van der Waals surface area (Å²) in [5.74, 6) is 2.05. The van der Waals surface area contributed by atoms with Gasteiger partial charge in [0.15, 0.2) is 17.5 Å². The molecule has 0 radical (unpaired) electrons. The van der Waals surface area contributed by atoms with E-state index < -0.39 is 0 Å². The molecule has 1 amide bonds. The molecule has 1 aliphatic rings. The van der Waals surface area contributed by atoms with Crippen LogP contribution in [0.1, 0.15) is 44.6 Å². The summed E-state index contributed by atoms with van der Waals surface area (Å²) in [5.41, 5.74) is 0.959. The topological polar surface area (TPSA) is 84.4 Å². The number of rotatable bonds is 12. The maximum Gasteiger partial charge on any atom is 0.241 e. The normalized spacial score (nSPS) is 14.4. The minimum atomic E-state index is -0.0181. The Kier molecular flexibility index (Phi) is 11.0. The van der Waals surface area contributed by atoms with Crippen LogP contribution in [0.15, 0.2) is 23.2 Å². The van der Waals surface area contributed by atoms with E-state index in [-0.39, 0.29) is 18.6 Å². The van der Waals surface area contributed by atoms with Crippen LogP contribution in [-0.4, -0.2) is 70.4 Å². The predicted octanol–water partition coefficient (Wildman–Crippen LogP) is 2.57. The first kappa shape index (κ1) is 24.8. The lowest BCUT2D eigenvalue weighted by molar-refractivity contribution is -0.127. The van der Waals surface area contributed by atoms with Gasteiger partial charge in [0.2, 0.25) is 5.91 Å². The molecule has 0 atom stereocenters. The SMILES string of the molecule is CCOCCCNC(=NCc1cccc(OC)c1OC1CCCC1)NCC(=O)N(C)C. The van der Waals surface area contributed by atoms with E-state index in [1.54, 1.807) is 26.1 Å². The van der Waals surface area contributed by atoms with Gasteiger partial charge in [-0.25, -0.2) is 4.99 Å². The third-order valence-electron chi connectivity index (χ3n) is 5.14. The van der Waals surface area contributed by atoms with E-state index in [1.807, 2.05) is 25.1 Å². The number of nitrogens with zero attached hydrogens (tertiary/aromatic N) is 2. The first-order chi connectivity index (χ1) is 15.0. The molecule has 31 heavy (non-hydrogen) atoms. The zero-order chi connectivity index (χ0) is 22.5. The van der Waals surface area contributed by atoms with E-state index in [9.17, 15) is 4.79 Å². The van der Waals surface area contributed by atoms with Crippen LogP contribution in [0.4, 0.5) is 0 Å². The lowest BCUT2D eigenvalue weighted by Crippen LogP contribution is -2.43. The van der Waals surface area contributed by atoms with E-state index in [2.05, 4.69) is 10.6 Å². The number of carbonyl (C=O) groups excluding carboxylic acids is 1. The fourth-order valence-corrected chi connectivity index (χ4v) is 3.33. The minimum absolute atomic E-state index is 0.0181. The predicted molar refractivity (Wildman–Crippen MR) is 123 cm³/mol. The van der Waals surface area contributed by atoms with Crippen LogP contribution in [0, 0.1) is 0 Å². The molecule has 0 aliphatic heterocycles. The first-order valence-electron chi connectivity index (χ1n) is 11.2. The van der Waals surface area contributed by atoms with Crippen molar-refractivity contribution in [2.75, 3.05) is 47.5 Å². The lowest BCUT2D eigenvalue weighted by atomic mass is 10.1. The quantitative estimate of drug-likeness (QED) is 0.299. The molecule has 0 aromatic heterocycles. The van der Waals surface area contributed by atoms with Gasteiger partial charge >= 0.3 is 0 Å². The number of carbonyl (C=O) groups is 1. The van der Waals surface area contributed by atoms with Gasteiger partial charge in [0.25, 0.3) is 0 Å². The number of hydrogen-bond acceptors (Lipinski definition) is 5. The highest BCUT2D eigenvalue weighted by Gasteiger charge is 2.20. The van der Waals surface area contributed by atoms with Gasteiger partial charge in [-0.15, -0.1) is 0 Å². The number of para-hydroxylation sites is 1. The zero-order valence-electron chi connectivity index (χ0n) is 19.4. The minimum Gasteiger partial charge on any atom is -0.493 e. The summed E-state index contributed by atoms with van der Waals surface area (Å²) in [6.07, 6.45) is 5.63. The summed E-state index contributed by atoms with van der Waals surface area (Å²) in [5, 5.41) is 6.40.